The summed E-state index contributed by atoms with van der Waals surface area (Å²) < 4.78 is 5.47. The molecule has 0 atom stereocenters. The smallest absolute Gasteiger partial charge is 0.277 e. The number of nitrogens with one attached hydrogen (secondary N) is 2. The van der Waals surface area contributed by atoms with Gasteiger partial charge in [0.2, 0.25) is 17.7 Å². The Labute approximate surface area is 125 Å². The monoisotopic (exact) mass is 306 g/mol. The van der Waals surface area contributed by atoms with Crippen molar-refractivity contribution in [2.45, 2.75) is 19.1 Å². The molecule has 2 rings (SSSR count). The summed E-state index contributed by atoms with van der Waals surface area (Å²) in [6.45, 7) is 3.28. The fourth-order valence-corrected chi connectivity index (χ4v) is 2.05. The molecule has 0 radical (unpaired) electrons. The van der Waals surface area contributed by atoms with Crippen LogP contribution in [-0.4, -0.2) is 27.8 Å². The number of hydrogen-bond acceptors (Lipinski definition) is 6. The Bertz CT molecular complexity index is 656. The molecule has 110 valence electrons. The lowest BCUT2D eigenvalue weighted by Gasteiger charge is -2.02. The maximum absolute atomic E-state index is 11.4. The Kier molecular flexibility index (Phi) is 4.94. The number of carbonyl (C=O) groups excluding carboxylic acids is 2. The van der Waals surface area contributed by atoms with E-state index >= 15 is 0 Å². The van der Waals surface area contributed by atoms with Gasteiger partial charge in [-0.2, -0.15) is 0 Å². The zero-order valence-corrected chi connectivity index (χ0v) is 12.4. The highest BCUT2D eigenvalue weighted by molar-refractivity contribution is 7.99. The molecule has 21 heavy (non-hydrogen) atoms. The molecule has 0 fully saturated rings. The topological polar surface area (TPSA) is 97.1 Å². The van der Waals surface area contributed by atoms with Gasteiger partial charge in [0, 0.05) is 12.5 Å². The average molecular weight is 306 g/mol. The summed E-state index contributed by atoms with van der Waals surface area (Å²) in [4.78, 5) is 22.0. The third kappa shape index (κ3) is 4.60. The van der Waals surface area contributed by atoms with Gasteiger partial charge < -0.3 is 4.42 Å². The predicted molar refractivity (Wildman–Crippen MR) is 77.2 cm³/mol. The first kappa shape index (κ1) is 15.0. The Morgan fingerprint density at radius 2 is 2.10 bits per heavy atom. The third-order valence-electron chi connectivity index (χ3n) is 2.38. The SMILES string of the molecule is CC(=O)NNC(=O)CSc1nnc(-c2cccc(C)c2)o1. The van der Waals surface area contributed by atoms with Crippen LogP contribution >= 0.6 is 11.8 Å². The van der Waals surface area contributed by atoms with E-state index in [1.807, 2.05) is 31.2 Å². The summed E-state index contributed by atoms with van der Waals surface area (Å²) >= 11 is 1.10. The minimum atomic E-state index is -0.356. The Morgan fingerprint density at radius 1 is 1.29 bits per heavy atom. The van der Waals surface area contributed by atoms with E-state index in [0.29, 0.717) is 11.1 Å². The van der Waals surface area contributed by atoms with Crippen molar-refractivity contribution in [3.63, 3.8) is 0 Å². The molecule has 0 aliphatic carbocycles. The Balaban J connectivity index is 1.92. The van der Waals surface area contributed by atoms with Gasteiger partial charge in [0.05, 0.1) is 5.75 Å². The molecule has 0 aliphatic rings. The summed E-state index contributed by atoms with van der Waals surface area (Å²) in [7, 11) is 0. The third-order valence-corrected chi connectivity index (χ3v) is 3.19. The zero-order valence-electron chi connectivity index (χ0n) is 11.5. The lowest BCUT2D eigenvalue weighted by atomic mass is 10.1. The summed E-state index contributed by atoms with van der Waals surface area (Å²) in [6.07, 6.45) is 0. The second kappa shape index (κ2) is 6.89. The zero-order chi connectivity index (χ0) is 15.2. The van der Waals surface area contributed by atoms with Gasteiger partial charge in [0.15, 0.2) is 0 Å². The second-order valence-electron chi connectivity index (χ2n) is 4.26. The number of carbonyl (C=O) groups is 2. The van der Waals surface area contributed by atoms with Gasteiger partial charge >= 0.3 is 0 Å². The summed E-state index contributed by atoms with van der Waals surface area (Å²) in [6, 6.07) is 7.69. The van der Waals surface area contributed by atoms with Crippen LogP contribution in [0.3, 0.4) is 0 Å². The predicted octanol–water partition coefficient (Wildman–Crippen LogP) is 1.30. The van der Waals surface area contributed by atoms with E-state index in [1.54, 1.807) is 0 Å². The maximum Gasteiger partial charge on any atom is 0.277 e. The fourth-order valence-electron chi connectivity index (χ4n) is 1.48. The summed E-state index contributed by atoms with van der Waals surface area (Å²) in [5.41, 5.74) is 6.37. The van der Waals surface area contributed by atoms with Crippen LogP contribution in [0.1, 0.15) is 12.5 Å². The van der Waals surface area contributed by atoms with Crippen LogP contribution < -0.4 is 10.9 Å². The number of hydrazine groups is 1. The number of benzene rings is 1. The molecule has 1 heterocycles. The van der Waals surface area contributed by atoms with Crippen molar-refractivity contribution in [2.24, 2.45) is 0 Å². The molecule has 2 amide bonds. The van der Waals surface area contributed by atoms with Crippen LogP contribution in [0.4, 0.5) is 0 Å². The largest absolute Gasteiger partial charge is 0.411 e. The quantitative estimate of drug-likeness (QED) is 0.653. The first-order valence-electron chi connectivity index (χ1n) is 6.13. The number of aromatic nitrogens is 2. The molecular weight excluding hydrogens is 292 g/mol. The van der Waals surface area contributed by atoms with E-state index in [0.717, 1.165) is 22.9 Å². The van der Waals surface area contributed by atoms with Gasteiger partial charge in [-0.15, -0.1) is 10.2 Å². The standard InChI is InChI=1S/C13H14N4O3S/c1-8-4-3-5-10(6-8)12-16-17-13(20-12)21-7-11(19)15-14-9(2)18/h3-6H,7H2,1-2H3,(H,14,18)(H,15,19). The van der Waals surface area contributed by atoms with Crippen molar-refractivity contribution >= 4 is 23.6 Å². The molecule has 8 heteroatoms. The van der Waals surface area contributed by atoms with Crippen molar-refractivity contribution in [3.05, 3.63) is 29.8 Å². The van der Waals surface area contributed by atoms with E-state index in [2.05, 4.69) is 21.0 Å². The highest BCUT2D eigenvalue weighted by Gasteiger charge is 2.11. The molecule has 2 N–H and O–H groups in total. The van der Waals surface area contributed by atoms with Crippen LogP contribution in [0.2, 0.25) is 0 Å². The van der Waals surface area contributed by atoms with Crippen molar-refractivity contribution in [1.82, 2.24) is 21.0 Å². The molecule has 0 saturated carbocycles. The van der Waals surface area contributed by atoms with Crippen molar-refractivity contribution in [1.29, 1.82) is 0 Å². The van der Waals surface area contributed by atoms with Crippen LogP contribution in [0, 0.1) is 6.92 Å². The van der Waals surface area contributed by atoms with E-state index in [1.165, 1.54) is 6.92 Å². The molecule has 0 saturated heterocycles. The minimum Gasteiger partial charge on any atom is -0.411 e. The van der Waals surface area contributed by atoms with Crippen LogP contribution in [-0.2, 0) is 9.59 Å². The lowest BCUT2D eigenvalue weighted by Crippen LogP contribution is -2.41. The number of thioether (sulfide) groups is 1. The van der Waals surface area contributed by atoms with Crippen molar-refractivity contribution in [3.8, 4) is 11.5 Å². The van der Waals surface area contributed by atoms with Gasteiger partial charge in [-0.3, -0.25) is 20.4 Å². The van der Waals surface area contributed by atoms with E-state index < -0.39 is 0 Å². The van der Waals surface area contributed by atoms with E-state index in [4.69, 9.17) is 4.42 Å². The normalized spacial score (nSPS) is 10.2. The Hall–Kier alpha value is -2.35. The highest BCUT2D eigenvalue weighted by Crippen LogP contribution is 2.23. The number of nitrogens with zero attached hydrogens (tertiary/aromatic N) is 2. The first-order chi connectivity index (χ1) is 10.0. The van der Waals surface area contributed by atoms with Crippen LogP contribution in [0.25, 0.3) is 11.5 Å². The molecule has 2 aromatic rings. The molecular formula is C13H14N4O3S. The summed E-state index contributed by atoms with van der Waals surface area (Å²) in [5, 5.41) is 8.10. The Morgan fingerprint density at radius 3 is 2.81 bits per heavy atom. The number of amides is 2. The van der Waals surface area contributed by atoms with Crippen LogP contribution in [0.5, 0.6) is 0 Å². The molecule has 0 unspecified atom stereocenters. The molecule has 1 aromatic heterocycles. The number of rotatable bonds is 4. The lowest BCUT2D eigenvalue weighted by molar-refractivity contribution is -0.126. The van der Waals surface area contributed by atoms with Gasteiger partial charge in [0.25, 0.3) is 5.22 Å². The minimum absolute atomic E-state index is 0.0652. The number of aryl methyl sites for hydroxylation is 1. The molecule has 7 nitrogen and oxygen atoms in total. The molecule has 1 aromatic carbocycles. The summed E-state index contributed by atoms with van der Waals surface area (Å²) in [5.74, 6) is -0.225. The van der Waals surface area contributed by atoms with E-state index in [9.17, 15) is 9.59 Å². The first-order valence-corrected chi connectivity index (χ1v) is 7.12. The van der Waals surface area contributed by atoms with Gasteiger partial charge in [-0.1, -0.05) is 29.5 Å². The molecule has 0 aliphatic heterocycles. The maximum atomic E-state index is 11.4. The fraction of sp³-hybridized carbons (Fsp3) is 0.231. The van der Waals surface area contributed by atoms with E-state index in [-0.39, 0.29) is 17.6 Å². The molecule has 0 spiro atoms. The number of hydrogen-bond donors (Lipinski definition) is 2. The second-order valence-corrected chi connectivity index (χ2v) is 5.19. The highest BCUT2D eigenvalue weighted by atomic mass is 32.2. The average Bonchev–Trinajstić information content (AvgIpc) is 2.92. The van der Waals surface area contributed by atoms with Crippen molar-refractivity contribution < 1.29 is 14.0 Å². The van der Waals surface area contributed by atoms with Crippen molar-refractivity contribution in [2.75, 3.05) is 5.75 Å². The van der Waals surface area contributed by atoms with Gasteiger partial charge in [-0.05, 0) is 19.1 Å². The van der Waals surface area contributed by atoms with Gasteiger partial charge in [0.1, 0.15) is 0 Å². The van der Waals surface area contributed by atoms with Crippen LogP contribution in [0.15, 0.2) is 33.9 Å². The van der Waals surface area contributed by atoms with Gasteiger partial charge in [-0.25, -0.2) is 0 Å². The molecule has 0 bridgehead atoms.